The highest BCUT2D eigenvalue weighted by molar-refractivity contribution is 5.91. The van der Waals surface area contributed by atoms with Crippen molar-refractivity contribution >= 4 is 29.4 Å². The summed E-state index contributed by atoms with van der Waals surface area (Å²) >= 11 is 0. The number of hydrogen-bond acceptors (Lipinski definition) is 7. The minimum atomic E-state index is -4.29. The van der Waals surface area contributed by atoms with E-state index in [1.807, 2.05) is 24.0 Å². The second-order valence-corrected chi connectivity index (χ2v) is 13.0. The number of rotatable bonds is 8. The Bertz CT molecular complexity index is 1670. The van der Waals surface area contributed by atoms with Gasteiger partial charge in [0.15, 0.2) is 0 Å². The van der Waals surface area contributed by atoms with E-state index in [0.29, 0.717) is 48.9 Å². The molecule has 0 spiro atoms. The molecule has 3 saturated heterocycles. The van der Waals surface area contributed by atoms with E-state index in [9.17, 15) is 22.8 Å². The van der Waals surface area contributed by atoms with E-state index < -0.39 is 49.1 Å². The molecule has 1 aromatic heterocycles. The van der Waals surface area contributed by atoms with Crippen molar-refractivity contribution in [1.29, 1.82) is 0 Å². The molecular weight excluding hydrogens is 663 g/mol. The van der Waals surface area contributed by atoms with E-state index in [2.05, 4.69) is 10.6 Å². The van der Waals surface area contributed by atoms with E-state index in [-0.39, 0.29) is 38.5 Å². The number of carbonyl (C=O) groups is 2. The average molecular weight is 703 g/mol. The number of urea groups is 1. The van der Waals surface area contributed by atoms with Crippen LogP contribution < -0.4 is 20.4 Å². The van der Waals surface area contributed by atoms with E-state index >= 15 is 8.78 Å². The quantitative estimate of drug-likeness (QED) is 0.261. The molecule has 15 heteroatoms. The number of pyridine rings is 1. The highest BCUT2D eigenvalue weighted by Gasteiger charge is 2.50. The Morgan fingerprint density at radius 3 is 2.42 bits per heavy atom. The van der Waals surface area contributed by atoms with Crippen LogP contribution in [0.4, 0.5) is 48.9 Å². The molecule has 2 atom stereocenters. The van der Waals surface area contributed by atoms with Crippen LogP contribution in [-0.4, -0.2) is 92.6 Å². The first-order valence-corrected chi connectivity index (χ1v) is 16.5. The second kappa shape index (κ2) is 14.7. The lowest BCUT2D eigenvalue weighted by atomic mass is 10.00. The van der Waals surface area contributed by atoms with E-state index in [4.69, 9.17) is 14.5 Å². The number of ether oxygens (including phenoxy) is 2. The molecule has 3 aliphatic heterocycles. The Hall–Kier alpha value is -4.66. The fraction of sp³-hybridized carbons (Fsp3) is 0.457. The third-order valence-electron chi connectivity index (χ3n) is 9.17. The summed E-state index contributed by atoms with van der Waals surface area (Å²) in [7, 11) is 0. The molecule has 3 amide bonds. The number of morpholine rings is 1. The molecule has 0 saturated carbocycles. The van der Waals surface area contributed by atoms with Gasteiger partial charge in [0.25, 0.3) is 5.92 Å². The van der Waals surface area contributed by atoms with Crippen LogP contribution in [0.3, 0.4) is 0 Å². The summed E-state index contributed by atoms with van der Waals surface area (Å²) in [6.07, 6.45) is -5.89. The van der Waals surface area contributed by atoms with Gasteiger partial charge in [0.2, 0.25) is 0 Å². The maximum absolute atomic E-state index is 15.4. The van der Waals surface area contributed by atoms with Crippen molar-refractivity contribution in [3.8, 4) is 11.1 Å². The van der Waals surface area contributed by atoms with Gasteiger partial charge in [-0.25, -0.2) is 23.4 Å². The minimum absolute atomic E-state index is 0.0156. The SMILES string of the molecule is Cc1ccc(NC(=O)N2CC[C@@H](CC(F)(F)F)C2)cc1-c1cc(N2CCOCC2)nc(N2C[C@@H](NC(=O)OCc3ccccc3)C(F)(F)C2)c1. The van der Waals surface area contributed by atoms with Gasteiger partial charge in [0, 0.05) is 44.8 Å². The number of aromatic nitrogens is 1. The Morgan fingerprint density at radius 2 is 1.70 bits per heavy atom. The molecule has 3 aliphatic rings. The lowest BCUT2D eigenvalue weighted by Crippen LogP contribution is -2.46. The molecule has 4 heterocycles. The number of nitrogens with zero attached hydrogens (tertiary/aromatic N) is 4. The van der Waals surface area contributed by atoms with Crippen molar-refractivity contribution in [2.75, 3.05) is 67.6 Å². The Labute approximate surface area is 286 Å². The van der Waals surface area contributed by atoms with Crippen LogP contribution in [0.2, 0.25) is 0 Å². The number of alkyl carbamates (subject to hydrolysis) is 1. The van der Waals surface area contributed by atoms with Crippen LogP contribution in [0.25, 0.3) is 11.1 Å². The topological polar surface area (TPSA) is 99.3 Å². The summed E-state index contributed by atoms with van der Waals surface area (Å²) in [5, 5.41) is 5.14. The summed E-state index contributed by atoms with van der Waals surface area (Å²) in [6, 6.07) is 15.7. The molecule has 50 heavy (non-hydrogen) atoms. The smallest absolute Gasteiger partial charge is 0.407 e. The summed E-state index contributed by atoms with van der Waals surface area (Å²) in [6.45, 7) is 3.20. The van der Waals surface area contributed by atoms with Gasteiger partial charge < -0.3 is 34.8 Å². The number of aryl methyl sites for hydroxylation is 1. The van der Waals surface area contributed by atoms with Crippen molar-refractivity contribution < 1.29 is 41.0 Å². The number of hydrogen-bond donors (Lipinski definition) is 2. The number of nitrogens with one attached hydrogen (secondary N) is 2. The lowest BCUT2D eigenvalue weighted by molar-refractivity contribution is -0.143. The number of alkyl halides is 5. The van der Waals surface area contributed by atoms with Gasteiger partial charge in [-0.1, -0.05) is 36.4 Å². The zero-order valence-corrected chi connectivity index (χ0v) is 27.5. The maximum Gasteiger partial charge on any atom is 0.407 e. The molecule has 2 N–H and O–H groups in total. The van der Waals surface area contributed by atoms with Gasteiger partial charge in [-0.05, 0) is 65.8 Å². The summed E-state index contributed by atoms with van der Waals surface area (Å²) < 4.78 is 80.1. The van der Waals surface area contributed by atoms with Crippen molar-refractivity contribution in [2.45, 2.75) is 44.5 Å². The number of halogens is 5. The maximum atomic E-state index is 15.4. The first kappa shape index (κ1) is 35.2. The summed E-state index contributed by atoms with van der Waals surface area (Å²) in [5.74, 6) is -3.08. The Morgan fingerprint density at radius 1 is 0.980 bits per heavy atom. The number of amides is 3. The standard InChI is InChI=1S/C35H39F5N6O4/c1-23-7-8-27(41-32(47)45-10-9-25(19-45)18-35(38,39)40)17-28(23)26-15-30(44-11-13-49-14-12-44)43-31(16-26)46-20-29(34(36,37)22-46)42-33(48)50-21-24-5-3-2-4-6-24/h2-8,15-17,25,29H,9-14,18-22H2,1H3,(H,41,47)(H,42,48)/t25-,29+/m0/s1. The largest absolute Gasteiger partial charge is 0.445 e. The number of likely N-dealkylation sites (tertiary alicyclic amines) is 1. The third-order valence-corrected chi connectivity index (χ3v) is 9.17. The zero-order valence-electron chi connectivity index (χ0n) is 27.5. The predicted molar refractivity (Wildman–Crippen MR) is 178 cm³/mol. The number of carbonyl (C=O) groups excluding carboxylic acids is 2. The van der Waals surface area contributed by atoms with Crippen LogP contribution in [0.1, 0.15) is 24.0 Å². The van der Waals surface area contributed by atoms with Crippen molar-refractivity contribution in [3.63, 3.8) is 0 Å². The van der Waals surface area contributed by atoms with Gasteiger partial charge in [0.05, 0.1) is 19.8 Å². The average Bonchev–Trinajstić information content (AvgIpc) is 3.67. The van der Waals surface area contributed by atoms with E-state index in [1.54, 1.807) is 48.5 Å². The monoisotopic (exact) mass is 702 g/mol. The first-order chi connectivity index (χ1) is 23.8. The molecule has 0 bridgehead atoms. The summed E-state index contributed by atoms with van der Waals surface area (Å²) in [4.78, 5) is 35.1. The fourth-order valence-corrected chi connectivity index (χ4v) is 6.51. The van der Waals surface area contributed by atoms with Gasteiger partial charge in [0.1, 0.15) is 24.3 Å². The predicted octanol–water partition coefficient (Wildman–Crippen LogP) is 6.45. The molecular formula is C35H39F5N6O4. The molecule has 3 fully saturated rings. The van der Waals surface area contributed by atoms with Gasteiger partial charge in [-0.3, -0.25) is 0 Å². The van der Waals surface area contributed by atoms with E-state index in [1.165, 1.54) is 9.80 Å². The van der Waals surface area contributed by atoms with Crippen LogP contribution in [0.15, 0.2) is 60.7 Å². The van der Waals surface area contributed by atoms with Crippen molar-refractivity contribution in [2.24, 2.45) is 5.92 Å². The molecule has 0 unspecified atom stereocenters. The van der Waals surface area contributed by atoms with Crippen LogP contribution in [0.5, 0.6) is 0 Å². The molecule has 268 valence electrons. The third kappa shape index (κ3) is 8.73. The zero-order chi connectivity index (χ0) is 35.5. The molecule has 2 aromatic carbocycles. The molecule has 10 nitrogen and oxygen atoms in total. The molecule has 3 aromatic rings. The highest BCUT2D eigenvalue weighted by Crippen LogP contribution is 2.37. The molecule has 6 rings (SSSR count). The van der Waals surface area contributed by atoms with E-state index in [0.717, 1.165) is 11.1 Å². The normalized spacial score (nSPS) is 20.6. The van der Waals surface area contributed by atoms with Crippen molar-refractivity contribution in [3.05, 3.63) is 71.8 Å². The Balaban J connectivity index is 1.21. The van der Waals surface area contributed by atoms with Gasteiger partial charge >= 0.3 is 18.3 Å². The summed E-state index contributed by atoms with van der Waals surface area (Å²) in [5.41, 5.74) is 3.38. The first-order valence-electron chi connectivity index (χ1n) is 16.5. The van der Waals surface area contributed by atoms with Crippen molar-refractivity contribution in [1.82, 2.24) is 15.2 Å². The second-order valence-electron chi connectivity index (χ2n) is 13.0. The number of benzene rings is 2. The number of anilines is 3. The van der Waals surface area contributed by atoms with Gasteiger partial charge in [-0.15, -0.1) is 0 Å². The van der Waals surface area contributed by atoms with Crippen LogP contribution >= 0.6 is 0 Å². The minimum Gasteiger partial charge on any atom is -0.445 e. The van der Waals surface area contributed by atoms with Gasteiger partial charge in [-0.2, -0.15) is 13.2 Å². The Kier molecular flexibility index (Phi) is 10.3. The highest BCUT2D eigenvalue weighted by atomic mass is 19.4. The van der Waals surface area contributed by atoms with Crippen LogP contribution in [0, 0.1) is 12.8 Å². The molecule has 0 aliphatic carbocycles. The van der Waals surface area contributed by atoms with Crippen LogP contribution in [-0.2, 0) is 16.1 Å². The fourth-order valence-electron chi connectivity index (χ4n) is 6.51. The molecule has 0 radical (unpaired) electrons. The lowest BCUT2D eigenvalue weighted by Gasteiger charge is -2.29.